The Balaban J connectivity index is 0. The van der Waals surface area contributed by atoms with E-state index < -0.39 is 0 Å². The molecule has 0 aromatic heterocycles. The number of aliphatic hydroxyl groups is 1. The Morgan fingerprint density at radius 2 is 2.07 bits per heavy atom. The number of nitrogens with two attached hydrogens (primary N) is 1. The molecule has 0 aromatic carbocycles. The summed E-state index contributed by atoms with van der Waals surface area (Å²) in [6.07, 6.45) is 1.76. The number of carbonyl (C=O) groups is 1. The molecule has 1 unspecified atom stereocenters. The van der Waals surface area contributed by atoms with E-state index in [2.05, 4.69) is 19.2 Å². The van der Waals surface area contributed by atoms with Crippen molar-refractivity contribution in [2.24, 2.45) is 17.6 Å². The average Bonchev–Trinajstić information content (AvgIpc) is 2.13. The first-order chi connectivity index (χ1) is 6.60. The molecule has 1 amide bonds. The van der Waals surface area contributed by atoms with Crippen molar-refractivity contribution >= 4 is 18.3 Å². The van der Waals surface area contributed by atoms with Crippen LogP contribution in [-0.2, 0) is 4.79 Å². The second-order valence-electron chi connectivity index (χ2n) is 4.02. The molecule has 0 heterocycles. The van der Waals surface area contributed by atoms with Crippen molar-refractivity contribution in [1.29, 1.82) is 0 Å². The first kappa shape index (κ1) is 17.1. The van der Waals surface area contributed by atoms with E-state index in [1.807, 2.05) is 0 Å². The summed E-state index contributed by atoms with van der Waals surface area (Å²) in [7, 11) is 0. The molecule has 0 bridgehead atoms. The molecule has 15 heavy (non-hydrogen) atoms. The van der Waals surface area contributed by atoms with Gasteiger partial charge in [0.25, 0.3) is 0 Å². The standard InChI is InChI=1S/C10H22N2O2.ClH/c1-8(2)5-9(3-4-13)7-12-10(14)6-11;/h8-9,13H,3-7,11H2,1-2H3,(H,12,14);1H. The summed E-state index contributed by atoms with van der Waals surface area (Å²) in [5.41, 5.74) is 5.17. The first-order valence-electron chi connectivity index (χ1n) is 5.17. The van der Waals surface area contributed by atoms with Gasteiger partial charge in [-0.1, -0.05) is 13.8 Å². The molecule has 0 aliphatic carbocycles. The van der Waals surface area contributed by atoms with Crippen LogP contribution in [0, 0.1) is 11.8 Å². The zero-order chi connectivity index (χ0) is 11.0. The van der Waals surface area contributed by atoms with Gasteiger partial charge in [0.15, 0.2) is 0 Å². The molecular weight excluding hydrogens is 216 g/mol. The van der Waals surface area contributed by atoms with Crippen molar-refractivity contribution < 1.29 is 9.90 Å². The monoisotopic (exact) mass is 238 g/mol. The molecule has 0 radical (unpaired) electrons. The van der Waals surface area contributed by atoms with Crippen LogP contribution in [0.1, 0.15) is 26.7 Å². The third-order valence-corrected chi connectivity index (χ3v) is 2.12. The van der Waals surface area contributed by atoms with Crippen LogP contribution in [0.3, 0.4) is 0 Å². The van der Waals surface area contributed by atoms with Crippen LogP contribution < -0.4 is 11.1 Å². The lowest BCUT2D eigenvalue weighted by Crippen LogP contribution is -2.34. The average molecular weight is 239 g/mol. The predicted molar refractivity (Wildman–Crippen MR) is 64.0 cm³/mol. The molecule has 0 saturated carbocycles. The van der Waals surface area contributed by atoms with E-state index in [4.69, 9.17) is 10.8 Å². The van der Waals surface area contributed by atoms with Crippen molar-refractivity contribution in [2.45, 2.75) is 26.7 Å². The molecule has 4 nitrogen and oxygen atoms in total. The van der Waals surface area contributed by atoms with Gasteiger partial charge < -0.3 is 16.2 Å². The Morgan fingerprint density at radius 1 is 1.47 bits per heavy atom. The number of nitrogens with one attached hydrogen (secondary N) is 1. The van der Waals surface area contributed by atoms with Gasteiger partial charge in [0.05, 0.1) is 6.54 Å². The van der Waals surface area contributed by atoms with Crippen LogP contribution in [0.15, 0.2) is 0 Å². The molecule has 0 aliphatic heterocycles. The highest BCUT2D eigenvalue weighted by molar-refractivity contribution is 5.85. The Hall–Kier alpha value is -0.320. The zero-order valence-electron chi connectivity index (χ0n) is 9.53. The SMILES string of the molecule is CC(C)CC(CCO)CNC(=O)CN.Cl. The lowest BCUT2D eigenvalue weighted by molar-refractivity contribution is -0.119. The van der Waals surface area contributed by atoms with Gasteiger partial charge in [0.1, 0.15) is 0 Å². The maximum absolute atomic E-state index is 10.9. The molecule has 0 rings (SSSR count). The lowest BCUT2D eigenvalue weighted by atomic mass is 9.94. The molecule has 0 aromatic rings. The van der Waals surface area contributed by atoms with Gasteiger partial charge in [-0.25, -0.2) is 0 Å². The molecule has 0 fully saturated rings. The van der Waals surface area contributed by atoms with Crippen molar-refractivity contribution in [3.63, 3.8) is 0 Å². The number of aliphatic hydroxyl groups excluding tert-OH is 1. The topological polar surface area (TPSA) is 75.3 Å². The Morgan fingerprint density at radius 3 is 2.47 bits per heavy atom. The fourth-order valence-corrected chi connectivity index (χ4v) is 1.48. The van der Waals surface area contributed by atoms with E-state index in [0.717, 1.165) is 12.8 Å². The summed E-state index contributed by atoms with van der Waals surface area (Å²) < 4.78 is 0. The van der Waals surface area contributed by atoms with Gasteiger partial charge in [-0.05, 0) is 24.7 Å². The van der Waals surface area contributed by atoms with Gasteiger partial charge in [0, 0.05) is 13.2 Å². The molecule has 5 heteroatoms. The summed E-state index contributed by atoms with van der Waals surface area (Å²) in [4.78, 5) is 10.9. The third kappa shape index (κ3) is 9.97. The first-order valence-corrected chi connectivity index (χ1v) is 5.17. The summed E-state index contributed by atoms with van der Waals surface area (Å²) in [5.74, 6) is 0.813. The van der Waals surface area contributed by atoms with Crippen LogP contribution in [-0.4, -0.2) is 30.7 Å². The minimum Gasteiger partial charge on any atom is -0.396 e. The smallest absolute Gasteiger partial charge is 0.233 e. The molecule has 1 atom stereocenters. The second-order valence-corrected chi connectivity index (χ2v) is 4.02. The largest absolute Gasteiger partial charge is 0.396 e. The van der Waals surface area contributed by atoms with Crippen LogP contribution in [0.25, 0.3) is 0 Å². The number of halogens is 1. The molecule has 0 saturated heterocycles. The van der Waals surface area contributed by atoms with E-state index in [0.29, 0.717) is 18.4 Å². The summed E-state index contributed by atoms with van der Waals surface area (Å²) in [6.45, 7) is 5.10. The Bertz CT molecular complexity index is 166. The van der Waals surface area contributed by atoms with Gasteiger partial charge in [-0.15, -0.1) is 12.4 Å². The van der Waals surface area contributed by atoms with Crippen molar-refractivity contribution in [1.82, 2.24) is 5.32 Å². The highest BCUT2D eigenvalue weighted by Gasteiger charge is 2.11. The number of hydrogen-bond acceptors (Lipinski definition) is 3. The predicted octanol–water partition coefficient (Wildman–Crippen LogP) is 0.528. The van der Waals surface area contributed by atoms with E-state index in [-0.39, 0.29) is 31.5 Å². The molecule has 92 valence electrons. The van der Waals surface area contributed by atoms with E-state index in [1.165, 1.54) is 0 Å². The van der Waals surface area contributed by atoms with Gasteiger partial charge in [-0.3, -0.25) is 4.79 Å². The van der Waals surface area contributed by atoms with Crippen molar-refractivity contribution in [3.8, 4) is 0 Å². The van der Waals surface area contributed by atoms with Gasteiger partial charge in [-0.2, -0.15) is 0 Å². The molecule has 4 N–H and O–H groups in total. The number of carbonyl (C=O) groups excluding carboxylic acids is 1. The fourth-order valence-electron chi connectivity index (χ4n) is 1.48. The Kier molecular flexibility index (Phi) is 11.6. The number of amides is 1. The highest BCUT2D eigenvalue weighted by atomic mass is 35.5. The van der Waals surface area contributed by atoms with E-state index in [9.17, 15) is 4.79 Å². The molecular formula is C10H23ClN2O2. The minimum absolute atomic E-state index is 0. The fraction of sp³-hybridized carbons (Fsp3) is 0.900. The van der Waals surface area contributed by atoms with Crippen LogP contribution in [0.4, 0.5) is 0 Å². The third-order valence-electron chi connectivity index (χ3n) is 2.12. The highest BCUT2D eigenvalue weighted by Crippen LogP contribution is 2.13. The molecule has 0 spiro atoms. The van der Waals surface area contributed by atoms with Crippen LogP contribution in [0.2, 0.25) is 0 Å². The van der Waals surface area contributed by atoms with Crippen molar-refractivity contribution in [2.75, 3.05) is 19.7 Å². The maximum atomic E-state index is 10.9. The van der Waals surface area contributed by atoms with Gasteiger partial charge >= 0.3 is 0 Å². The summed E-state index contributed by atoms with van der Waals surface area (Å²) >= 11 is 0. The number of rotatable bonds is 7. The summed E-state index contributed by atoms with van der Waals surface area (Å²) in [6, 6.07) is 0. The zero-order valence-corrected chi connectivity index (χ0v) is 10.3. The lowest BCUT2D eigenvalue weighted by Gasteiger charge is -2.18. The second kappa shape index (κ2) is 10.2. The Labute approximate surface area is 98.0 Å². The van der Waals surface area contributed by atoms with Crippen LogP contribution in [0.5, 0.6) is 0 Å². The van der Waals surface area contributed by atoms with Gasteiger partial charge in [0.2, 0.25) is 5.91 Å². The van der Waals surface area contributed by atoms with E-state index in [1.54, 1.807) is 0 Å². The van der Waals surface area contributed by atoms with Crippen LogP contribution >= 0.6 is 12.4 Å². The number of hydrogen-bond donors (Lipinski definition) is 3. The summed E-state index contributed by atoms with van der Waals surface area (Å²) in [5, 5.41) is 11.6. The quantitative estimate of drug-likeness (QED) is 0.606. The van der Waals surface area contributed by atoms with E-state index >= 15 is 0 Å². The van der Waals surface area contributed by atoms with Crippen molar-refractivity contribution in [3.05, 3.63) is 0 Å². The normalized spacial score (nSPS) is 12.1. The minimum atomic E-state index is -0.128. The molecule has 0 aliphatic rings. The maximum Gasteiger partial charge on any atom is 0.233 e.